The highest BCUT2D eigenvalue weighted by atomic mass is 32.1. The number of hydrogen-bond donors (Lipinski definition) is 1. The minimum Gasteiger partial charge on any atom is -0.493 e. The van der Waals surface area contributed by atoms with Crippen LogP contribution in [0.15, 0.2) is 23.0 Å². The Balaban J connectivity index is 2.43. The summed E-state index contributed by atoms with van der Waals surface area (Å²) in [6.45, 7) is 8.16. The molecule has 0 unspecified atom stereocenters. The molecule has 1 heterocycles. The second-order valence-electron chi connectivity index (χ2n) is 6.95. The van der Waals surface area contributed by atoms with Crippen molar-refractivity contribution in [3.8, 4) is 11.5 Å². The summed E-state index contributed by atoms with van der Waals surface area (Å²) < 4.78 is 12.1. The van der Waals surface area contributed by atoms with Gasteiger partial charge in [0.2, 0.25) is 0 Å². The molecule has 1 aromatic carbocycles. The first kappa shape index (κ1) is 20.0. The number of ketones is 1. The molecule has 6 heteroatoms. The maximum absolute atomic E-state index is 12.2. The first-order valence-corrected chi connectivity index (χ1v) is 9.34. The molecule has 0 aliphatic rings. The van der Waals surface area contributed by atoms with E-state index < -0.39 is 5.41 Å². The fraction of sp³-hybridized carbons (Fsp3) is 0.400. The molecule has 5 nitrogen and oxygen atoms in total. The number of hydrogen-bond acceptors (Lipinski definition) is 5. The lowest BCUT2D eigenvalue weighted by atomic mass is 9.91. The number of carbonyl (C=O) groups is 1. The van der Waals surface area contributed by atoms with Crippen LogP contribution < -0.4 is 24.2 Å². The molecule has 0 fully saturated rings. The van der Waals surface area contributed by atoms with Crippen molar-refractivity contribution < 1.29 is 14.3 Å². The van der Waals surface area contributed by atoms with Crippen LogP contribution in [0.3, 0.4) is 0 Å². The van der Waals surface area contributed by atoms with Gasteiger partial charge >= 0.3 is 0 Å². The molecular weight excluding hydrogens is 350 g/mol. The van der Waals surface area contributed by atoms with Gasteiger partial charge in [-0.15, -0.1) is 11.3 Å². The zero-order valence-electron chi connectivity index (χ0n) is 15.8. The quantitative estimate of drug-likeness (QED) is 0.842. The lowest BCUT2D eigenvalue weighted by Crippen LogP contribution is -2.22. The molecule has 0 bridgehead atoms. The van der Waals surface area contributed by atoms with Gasteiger partial charge in [-0.3, -0.25) is 9.59 Å². The molecule has 140 valence electrons. The highest BCUT2D eigenvalue weighted by molar-refractivity contribution is 7.07. The van der Waals surface area contributed by atoms with Gasteiger partial charge in [0.25, 0.3) is 5.56 Å². The summed E-state index contributed by atoms with van der Waals surface area (Å²) in [6.07, 6.45) is 4.16. The van der Waals surface area contributed by atoms with Crippen molar-refractivity contribution in [1.29, 1.82) is 0 Å². The molecule has 0 spiro atoms. The van der Waals surface area contributed by atoms with E-state index in [9.17, 15) is 9.59 Å². The molecule has 0 saturated carbocycles. The van der Waals surface area contributed by atoms with Crippen molar-refractivity contribution in [1.82, 2.24) is 4.98 Å². The minimum absolute atomic E-state index is 0.0266. The van der Waals surface area contributed by atoms with Crippen molar-refractivity contribution in [3.63, 3.8) is 0 Å². The number of aromatic amines is 1. The van der Waals surface area contributed by atoms with Gasteiger partial charge < -0.3 is 14.5 Å². The van der Waals surface area contributed by atoms with E-state index in [1.165, 1.54) is 17.4 Å². The average Bonchev–Trinajstić information content (AvgIpc) is 2.91. The van der Waals surface area contributed by atoms with E-state index in [4.69, 9.17) is 9.47 Å². The van der Waals surface area contributed by atoms with Gasteiger partial charge in [-0.25, -0.2) is 0 Å². The number of rotatable bonds is 6. The fourth-order valence-corrected chi connectivity index (χ4v) is 3.00. The average molecular weight is 375 g/mol. The van der Waals surface area contributed by atoms with E-state index in [1.807, 2.05) is 45.9 Å². The molecular formula is C20H25NO4S. The van der Waals surface area contributed by atoms with Crippen LogP contribution in [0.2, 0.25) is 0 Å². The van der Waals surface area contributed by atoms with Crippen LogP contribution in [0.25, 0.3) is 12.2 Å². The van der Waals surface area contributed by atoms with Gasteiger partial charge in [0.1, 0.15) is 0 Å². The van der Waals surface area contributed by atoms with Crippen LogP contribution >= 0.6 is 11.3 Å². The first-order valence-electron chi connectivity index (χ1n) is 8.52. The second kappa shape index (κ2) is 8.36. The number of nitrogens with one attached hydrogen (secondary N) is 1. The minimum atomic E-state index is -0.480. The largest absolute Gasteiger partial charge is 0.493 e. The molecule has 1 N–H and O–H groups in total. The van der Waals surface area contributed by atoms with E-state index in [-0.39, 0.29) is 11.3 Å². The van der Waals surface area contributed by atoms with Gasteiger partial charge in [0, 0.05) is 11.5 Å². The van der Waals surface area contributed by atoms with E-state index in [1.54, 1.807) is 13.2 Å². The van der Waals surface area contributed by atoms with E-state index >= 15 is 0 Å². The van der Waals surface area contributed by atoms with Crippen LogP contribution in [-0.4, -0.2) is 24.5 Å². The zero-order valence-corrected chi connectivity index (χ0v) is 16.7. The SMILES string of the molecule is CCCOc1cc(/C=c2/s/c(=C/C(=O)C(C)(C)C)[nH]c2=O)ccc1OC. The summed E-state index contributed by atoms with van der Waals surface area (Å²) in [4.78, 5) is 27.0. The van der Waals surface area contributed by atoms with E-state index in [2.05, 4.69) is 4.98 Å². The summed E-state index contributed by atoms with van der Waals surface area (Å²) in [6, 6.07) is 5.52. The normalized spacial score (nSPS) is 13.1. The molecule has 2 rings (SSSR count). The molecule has 2 aromatic rings. The molecule has 0 amide bonds. The number of thiazole rings is 1. The van der Waals surface area contributed by atoms with Crippen LogP contribution in [0, 0.1) is 5.41 Å². The van der Waals surface area contributed by atoms with Crippen molar-refractivity contribution in [2.75, 3.05) is 13.7 Å². The van der Waals surface area contributed by atoms with Gasteiger partial charge in [0.15, 0.2) is 17.3 Å². The van der Waals surface area contributed by atoms with Gasteiger partial charge in [-0.05, 0) is 30.2 Å². The second-order valence-corrected chi connectivity index (χ2v) is 8.03. The highest BCUT2D eigenvalue weighted by Gasteiger charge is 2.18. The Bertz CT molecular complexity index is 947. The number of carbonyl (C=O) groups excluding carboxylic acids is 1. The smallest absolute Gasteiger partial charge is 0.266 e. The molecule has 0 aliphatic carbocycles. The number of H-pyrrole nitrogens is 1. The maximum Gasteiger partial charge on any atom is 0.266 e. The lowest BCUT2D eigenvalue weighted by molar-refractivity contribution is -0.119. The summed E-state index contributed by atoms with van der Waals surface area (Å²) in [5, 5.41) is 0. The van der Waals surface area contributed by atoms with Crippen LogP contribution in [-0.2, 0) is 4.79 Å². The molecule has 0 atom stereocenters. The summed E-state index contributed by atoms with van der Waals surface area (Å²) in [5.41, 5.74) is 0.138. The fourth-order valence-electron chi connectivity index (χ4n) is 2.12. The Morgan fingerprint density at radius 1 is 1.27 bits per heavy atom. The Morgan fingerprint density at radius 2 is 2.00 bits per heavy atom. The number of ether oxygens (including phenoxy) is 2. The van der Waals surface area contributed by atoms with Crippen LogP contribution in [0.5, 0.6) is 11.5 Å². The Labute approximate surface area is 157 Å². The zero-order chi connectivity index (χ0) is 19.3. The van der Waals surface area contributed by atoms with E-state index in [0.29, 0.717) is 27.3 Å². The predicted molar refractivity (Wildman–Crippen MR) is 105 cm³/mol. The van der Waals surface area contributed by atoms with Gasteiger partial charge in [-0.2, -0.15) is 0 Å². The standard InChI is InChI=1S/C20H25NO4S/c1-6-9-25-15-10-13(7-8-14(15)24-5)11-16-19(23)21-18(26-16)12-17(22)20(2,3)4/h7-8,10-12H,6,9H2,1-5H3,(H,21,23)/b16-11+,18-12+. The summed E-state index contributed by atoms with van der Waals surface area (Å²) in [5.74, 6) is 1.27. The Morgan fingerprint density at radius 3 is 2.62 bits per heavy atom. The van der Waals surface area contributed by atoms with Gasteiger partial charge in [-0.1, -0.05) is 33.8 Å². The highest BCUT2D eigenvalue weighted by Crippen LogP contribution is 2.28. The van der Waals surface area contributed by atoms with Crippen LogP contribution in [0.1, 0.15) is 39.7 Å². The Kier molecular flexibility index (Phi) is 6.42. The topological polar surface area (TPSA) is 68.4 Å². The number of methoxy groups -OCH3 is 1. The Hall–Kier alpha value is -2.34. The monoisotopic (exact) mass is 375 g/mol. The van der Waals surface area contributed by atoms with Crippen molar-refractivity contribution in [2.45, 2.75) is 34.1 Å². The third-order valence-corrected chi connectivity index (χ3v) is 4.59. The summed E-state index contributed by atoms with van der Waals surface area (Å²) in [7, 11) is 1.59. The van der Waals surface area contributed by atoms with Crippen LogP contribution in [0.4, 0.5) is 0 Å². The molecule has 26 heavy (non-hydrogen) atoms. The van der Waals surface area contributed by atoms with E-state index in [0.717, 1.165) is 12.0 Å². The molecule has 0 saturated heterocycles. The van der Waals surface area contributed by atoms with Crippen molar-refractivity contribution in [3.05, 3.63) is 43.3 Å². The third kappa shape index (κ3) is 5.08. The maximum atomic E-state index is 12.2. The first-order chi connectivity index (χ1) is 12.2. The predicted octanol–water partition coefficient (Wildman–Crippen LogP) is 2.46. The molecule has 0 aliphatic heterocycles. The van der Waals surface area contributed by atoms with Crippen molar-refractivity contribution in [2.24, 2.45) is 5.41 Å². The summed E-state index contributed by atoms with van der Waals surface area (Å²) >= 11 is 1.26. The molecule has 0 radical (unpaired) electrons. The number of benzene rings is 1. The lowest BCUT2D eigenvalue weighted by Gasteiger charge is -2.12. The number of Topliss-reactive ketones (excluding diaryl/α,β-unsaturated/α-hetero) is 1. The number of aromatic nitrogens is 1. The van der Waals surface area contributed by atoms with Crippen molar-refractivity contribution >= 4 is 29.3 Å². The molecule has 1 aromatic heterocycles. The van der Waals surface area contributed by atoms with Gasteiger partial charge in [0.05, 0.1) is 22.9 Å². The third-order valence-electron chi connectivity index (χ3n) is 3.63.